The van der Waals surface area contributed by atoms with Crippen LogP contribution in [0.5, 0.6) is 11.5 Å². The summed E-state index contributed by atoms with van der Waals surface area (Å²) >= 11 is 0. The summed E-state index contributed by atoms with van der Waals surface area (Å²) in [5.74, 6) is 0.470. The summed E-state index contributed by atoms with van der Waals surface area (Å²) in [4.78, 5) is 17.6. The van der Waals surface area contributed by atoms with Crippen molar-refractivity contribution in [2.45, 2.75) is 42.7 Å². The number of ether oxygens (including phenoxy) is 2. The number of β-amino-alcohol motifs (C(OH)–C–C–N with tert-alkyl or cyclic N) is 1. The molecule has 0 unspecified atom stereocenters. The van der Waals surface area contributed by atoms with Gasteiger partial charge in [0.15, 0.2) is 11.5 Å². The van der Waals surface area contributed by atoms with Crippen LogP contribution in [-0.4, -0.2) is 93.6 Å². The zero-order valence-electron chi connectivity index (χ0n) is 21.8. The number of sulfonamides is 1. The molecule has 10 heteroatoms. The highest BCUT2D eigenvalue weighted by Gasteiger charge is 2.33. The summed E-state index contributed by atoms with van der Waals surface area (Å²) < 4.78 is 39.4. The number of carbonyl (C=O) groups excluding carboxylic acids is 1. The van der Waals surface area contributed by atoms with Gasteiger partial charge in [0, 0.05) is 45.8 Å². The Morgan fingerprint density at radius 3 is 2.32 bits per heavy atom. The topological polar surface area (TPSA) is 99.6 Å². The molecule has 0 saturated carbocycles. The first-order valence-electron chi connectivity index (χ1n) is 12.7. The lowest BCUT2D eigenvalue weighted by molar-refractivity contribution is -0.131. The number of benzene rings is 2. The molecule has 202 valence electrons. The Bertz CT molecular complexity index is 1180. The second kappa shape index (κ2) is 11.8. The third kappa shape index (κ3) is 6.09. The average Bonchev–Trinajstić information content (AvgIpc) is 3.59. The van der Waals surface area contributed by atoms with Crippen LogP contribution in [0.3, 0.4) is 0 Å². The second-order valence-electron chi connectivity index (χ2n) is 9.74. The number of aliphatic hydroxyl groups is 1. The van der Waals surface area contributed by atoms with Gasteiger partial charge in [0.25, 0.3) is 0 Å². The van der Waals surface area contributed by atoms with E-state index < -0.39 is 10.0 Å². The number of hydrogen-bond acceptors (Lipinski definition) is 7. The van der Waals surface area contributed by atoms with Gasteiger partial charge in [-0.2, -0.15) is 4.31 Å². The minimum Gasteiger partial charge on any atom is -0.493 e. The molecule has 2 aromatic carbocycles. The summed E-state index contributed by atoms with van der Waals surface area (Å²) in [5, 5.41) is 10.0. The van der Waals surface area contributed by atoms with E-state index in [9.17, 15) is 18.3 Å². The molecule has 0 radical (unpaired) electrons. The Hall–Kier alpha value is -2.66. The molecule has 9 nitrogen and oxygen atoms in total. The summed E-state index contributed by atoms with van der Waals surface area (Å²) in [6.07, 6.45) is 1.87. The van der Waals surface area contributed by atoms with Crippen molar-refractivity contribution in [3.63, 3.8) is 0 Å². The summed E-state index contributed by atoms with van der Waals surface area (Å²) in [6, 6.07) is 12.6. The van der Waals surface area contributed by atoms with Crippen LogP contribution in [0.2, 0.25) is 0 Å². The van der Waals surface area contributed by atoms with Crippen LogP contribution in [0.4, 0.5) is 0 Å². The zero-order chi connectivity index (χ0) is 26.6. The highest BCUT2D eigenvalue weighted by Crippen LogP contribution is 2.36. The van der Waals surface area contributed by atoms with E-state index in [1.807, 2.05) is 30.3 Å². The maximum Gasteiger partial charge on any atom is 0.243 e. The van der Waals surface area contributed by atoms with Crippen molar-refractivity contribution >= 4 is 15.9 Å². The van der Waals surface area contributed by atoms with Crippen molar-refractivity contribution in [3.05, 3.63) is 53.6 Å². The number of rotatable bonds is 10. The number of hydrogen-bond donors (Lipinski definition) is 1. The Kier molecular flexibility index (Phi) is 8.74. The standard InChI is InChI=1S/C27H37N3O6S/c1-28(23(20-9-5-4-6-10-20)19-29-14-11-22(31)18-29)27(32)16-21-15-24(35-2)25(36-3)17-26(21)37(33,34)30-12-7-8-13-30/h4-6,9-10,15,17,22-23,31H,7-8,11-14,16,18-19H2,1-3H3/t22-,23+/m0/s1. The number of likely N-dealkylation sites (tertiary alicyclic amines) is 1. The molecule has 0 aliphatic carbocycles. The van der Waals surface area contributed by atoms with Crippen molar-refractivity contribution in [1.82, 2.24) is 14.1 Å². The van der Waals surface area contributed by atoms with Crippen LogP contribution in [0.1, 0.15) is 36.4 Å². The molecule has 2 aliphatic rings. The smallest absolute Gasteiger partial charge is 0.243 e. The number of amides is 1. The lowest BCUT2D eigenvalue weighted by atomic mass is 10.0. The number of likely N-dealkylation sites (N-methyl/N-ethyl adjacent to an activating group) is 1. The number of carbonyl (C=O) groups is 1. The summed E-state index contributed by atoms with van der Waals surface area (Å²) in [7, 11) is 0.894. The average molecular weight is 532 g/mol. The third-order valence-electron chi connectivity index (χ3n) is 7.32. The molecule has 1 N–H and O–H groups in total. The van der Waals surface area contributed by atoms with Crippen molar-refractivity contribution < 1.29 is 27.8 Å². The lowest BCUT2D eigenvalue weighted by Gasteiger charge is -2.32. The Morgan fingerprint density at radius 1 is 1.08 bits per heavy atom. The first kappa shape index (κ1) is 27.4. The van der Waals surface area contributed by atoms with E-state index in [-0.39, 0.29) is 29.4 Å². The molecule has 2 atom stereocenters. The summed E-state index contributed by atoms with van der Waals surface area (Å²) in [6.45, 7) is 2.83. The van der Waals surface area contributed by atoms with E-state index in [1.54, 1.807) is 18.0 Å². The molecule has 2 aromatic rings. The van der Waals surface area contributed by atoms with Gasteiger partial charge in [-0.15, -0.1) is 0 Å². The number of methoxy groups -OCH3 is 2. The highest BCUT2D eigenvalue weighted by molar-refractivity contribution is 7.89. The van der Waals surface area contributed by atoms with Crippen LogP contribution in [0, 0.1) is 0 Å². The van der Waals surface area contributed by atoms with Crippen LogP contribution in [0.25, 0.3) is 0 Å². The maximum atomic E-state index is 13.7. The SMILES string of the molecule is COc1cc(CC(=O)N(C)[C@H](CN2CC[C@H](O)C2)c2ccccc2)c(S(=O)(=O)N2CCCC2)cc1OC. The fraction of sp³-hybridized carbons (Fsp3) is 0.519. The van der Waals surface area contributed by atoms with Crippen LogP contribution in [-0.2, 0) is 21.2 Å². The number of aliphatic hydroxyl groups excluding tert-OH is 1. The normalized spacial score (nSPS) is 19.6. The van der Waals surface area contributed by atoms with Gasteiger partial charge < -0.3 is 19.5 Å². The van der Waals surface area contributed by atoms with Crippen molar-refractivity contribution in [2.24, 2.45) is 0 Å². The highest BCUT2D eigenvalue weighted by atomic mass is 32.2. The van der Waals surface area contributed by atoms with E-state index in [1.165, 1.54) is 24.6 Å². The van der Waals surface area contributed by atoms with Crippen molar-refractivity contribution in [2.75, 3.05) is 54.0 Å². The molecule has 0 spiro atoms. The molecule has 0 aromatic heterocycles. The second-order valence-corrected chi connectivity index (χ2v) is 11.6. The Labute approximate surface area is 219 Å². The van der Waals surface area contributed by atoms with Gasteiger partial charge in [-0.25, -0.2) is 8.42 Å². The van der Waals surface area contributed by atoms with Crippen molar-refractivity contribution in [1.29, 1.82) is 0 Å². The van der Waals surface area contributed by atoms with E-state index >= 15 is 0 Å². The number of nitrogens with zero attached hydrogens (tertiary/aromatic N) is 3. The molecule has 4 rings (SSSR count). The quantitative estimate of drug-likeness (QED) is 0.502. The molecular formula is C27H37N3O6S. The Morgan fingerprint density at radius 2 is 1.73 bits per heavy atom. The largest absolute Gasteiger partial charge is 0.493 e. The van der Waals surface area contributed by atoms with Gasteiger partial charge >= 0.3 is 0 Å². The van der Waals surface area contributed by atoms with E-state index in [0.29, 0.717) is 49.7 Å². The van der Waals surface area contributed by atoms with E-state index in [2.05, 4.69) is 4.90 Å². The molecule has 2 fully saturated rings. The minimum atomic E-state index is -3.80. The van der Waals surface area contributed by atoms with Gasteiger partial charge in [-0.05, 0) is 36.5 Å². The molecule has 2 heterocycles. The summed E-state index contributed by atoms with van der Waals surface area (Å²) in [5.41, 5.74) is 1.36. The van der Waals surface area contributed by atoms with Crippen molar-refractivity contribution in [3.8, 4) is 11.5 Å². The predicted octanol–water partition coefficient (Wildman–Crippen LogP) is 2.30. The van der Waals surface area contributed by atoms with Gasteiger partial charge in [-0.1, -0.05) is 30.3 Å². The maximum absolute atomic E-state index is 13.7. The predicted molar refractivity (Wildman–Crippen MR) is 140 cm³/mol. The van der Waals surface area contributed by atoms with Gasteiger partial charge in [0.1, 0.15) is 0 Å². The van der Waals surface area contributed by atoms with Gasteiger partial charge in [-0.3, -0.25) is 9.69 Å². The fourth-order valence-electron chi connectivity index (χ4n) is 5.16. The third-order valence-corrected chi connectivity index (χ3v) is 9.30. The molecule has 2 aliphatic heterocycles. The van der Waals surface area contributed by atoms with Gasteiger partial charge in [0.2, 0.25) is 15.9 Å². The van der Waals surface area contributed by atoms with Crippen LogP contribution >= 0.6 is 0 Å². The van der Waals surface area contributed by atoms with E-state index in [0.717, 1.165) is 24.9 Å². The monoisotopic (exact) mass is 531 g/mol. The van der Waals surface area contributed by atoms with Gasteiger partial charge in [0.05, 0.1) is 37.7 Å². The first-order valence-corrected chi connectivity index (χ1v) is 14.1. The van der Waals surface area contributed by atoms with Crippen LogP contribution in [0.15, 0.2) is 47.4 Å². The first-order chi connectivity index (χ1) is 17.7. The molecule has 2 saturated heterocycles. The van der Waals surface area contributed by atoms with Crippen LogP contribution < -0.4 is 9.47 Å². The lowest BCUT2D eigenvalue weighted by Crippen LogP contribution is -2.40. The minimum absolute atomic E-state index is 0.0766. The van der Waals surface area contributed by atoms with E-state index in [4.69, 9.17) is 9.47 Å². The molecule has 1 amide bonds. The molecular weight excluding hydrogens is 494 g/mol. The molecule has 0 bridgehead atoms. The molecule has 37 heavy (non-hydrogen) atoms. The Balaban J connectivity index is 1.65. The fourth-order valence-corrected chi connectivity index (χ4v) is 6.89. The zero-order valence-corrected chi connectivity index (χ0v) is 22.6.